The minimum Gasteiger partial charge on any atom is -0.497 e. The summed E-state index contributed by atoms with van der Waals surface area (Å²) in [6.45, 7) is 6.33. The Morgan fingerprint density at radius 1 is 1.19 bits per heavy atom. The number of anilines is 1. The molecule has 0 atom stereocenters. The highest BCUT2D eigenvalue weighted by atomic mass is 32.2. The Kier molecular flexibility index (Phi) is 6.19. The van der Waals surface area contributed by atoms with Crippen molar-refractivity contribution in [2.24, 2.45) is 5.92 Å². The summed E-state index contributed by atoms with van der Waals surface area (Å²) in [6.07, 6.45) is 2.26. The second-order valence-electron chi connectivity index (χ2n) is 7.58. The molecule has 27 heavy (non-hydrogen) atoms. The van der Waals surface area contributed by atoms with Crippen LogP contribution in [-0.4, -0.2) is 59.1 Å². The van der Waals surface area contributed by atoms with Gasteiger partial charge >= 0.3 is 6.03 Å². The molecule has 2 aliphatic rings. The number of urea groups is 1. The lowest BCUT2D eigenvalue weighted by Gasteiger charge is -2.44. The molecule has 0 radical (unpaired) electrons. The highest BCUT2D eigenvalue weighted by Gasteiger charge is 2.46. The lowest BCUT2D eigenvalue weighted by Crippen LogP contribution is -2.54. The molecule has 148 valence electrons. The van der Waals surface area contributed by atoms with Gasteiger partial charge in [0.25, 0.3) is 0 Å². The number of nitrogens with zero attached hydrogens (tertiary/aromatic N) is 2. The molecule has 1 aromatic carbocycles. The molecule has 3 rings (SSSR count). The summed E-state index contributed by atoms with van der Waals surface area (Å²) in [7, 11) is 1.62. The number of hydrogen-bond donors (Lipinski definition) is 1. The summed E-state index contributed by atoms with van der Waals surface area (Å²) in [6, 6.07) is 7.24. The number of carbonyl (C=O) groups excluding carboxylic acids is 2. The second kappa shape index (κ2) is 8.42. The average Bonchev–Trinajstić information content (AvgIpc) is 3.05. The molecule has 0 unspecified atom stereocenters. The van der Waals surface area contributed by atoms with Crippen molar-refractivity contribution < 1.29 is 14.3 Å². The van der Waals surface area contributed by atoms with Crippen LogP contribution in [0.15, 0.2) is 24.3 Å². The fourth-order valence-electron chi connectivity index (χ4n) is 3.77. The van der Waals surface area contributed by atoms with Crippen LogP contribution in [0.2, 0.25) is 0 Å². The SMILES string of the molecule is COc1ccc(NC(=O)N2CCC3(CC2)SCCN3C(=O)CC(C)C)cc1. The summed E-state index contributed by atoms with van der Waals surface area (Å²) < 4.78 is 5.14. The van der Waals surface area contributed by atoms with E-state index < -0.39 is 0 Å². The maximum Gasteiger partial charge on any atom is 0.321 e. The molecular weight excluding hydrogens is 362 g/mol. The predicted octanol–water partition coefficient (Wildman–Crippen LogP) is 3.64. The molecule has 7 heteroatoms. The van der Waals surface area contributed by atoms with Gasteiger partial charge in [0.05, 0.1) is 12.0 Å². The van der Waals surface area contributed by atoms with Crippen LogP contribution in [0.5, 0.6) is 5.75 Å². The fourth-order valence-corrected chi connectivity index (χ4v) is 5.24. The molecule has 1 spiro atoms. The third-order valence-electron chi connectivity index (χ3n) is 5.23. The minimum absolute atomic E-state index is 0.0851. The van der Waals surface area contributed by atoms with E-state index in [9.17, 15) is 9.59 Å². The molecule has 2 aliphatic heterocycles. The number of carbonyl (C=O) groups is 2. The van der Waals surface area contributed by atoms with Crippen LogP contribution in [0, 0.1) is 5.92 Å². The molecular formula is C20H29N3O3S. The van der Waals surface area contributed by atoms with Gasteiger partial charge in [-0.3, -0.25) is 4.79 Å². The number of likely N-dealkylation sites (tertiary alicyclic amines) is 1. The summed E-state index contributed by atoms with van der Waals surface area (Å²) in [5.74, 6) is 2.38. The normalized spacial score (nSPS) is 18.8. The third kappa shape index (κ3) is 4.51. The van der Waals surface area contributed by atoms with Gasteiger partial charge in [-0.25, -0.2) is 4.79 Å². The number of amides is 3. The smallest absolute Gasteiger partial charge is 0.321 e. The van der Waals surface area contributed by atoms with E-state index in [-0.39, 0.29) is 16.8 Å². The number of nitrogens with one attached hydrogen (secondary N) is 1. The van der Waals surface area contributed by atoms with Crippen LogP contribution in [0.1, 0.15) is 33.1 Å². The number of thioether (sulfide) groups is 1. The number of piperidine rings is 1. The van der Waals surface area contributed by atoms with Crippen LogP contribution in [0.4, 0.5) is 10.5 Å². The molecule has 0 aromatic heterocycles. The summed E-state index contributed by atoms with van der Waals surface area (Å²) in [5.41, 5.74) is 0.755. The van der Waals surface area contributed by atoms with Gasteiger partial charge < -0.3 is 19.9 Å². The zero-order valence-electron chi connectivity index (χ0n) is 16.4. The molecule has 6 nitrogen and oxygen atoms in total. The Labute approximate surface area is 165 Å². The fraction of sp³-hybridized carbons (Fsp3) is 0.600. The van der Waals surface area contributed by atoms with Gasteiger partial charge in [0.15, 0.2) is 0 Å². The van der Waals surface area contributed by atoms with E-state index in [0.29, 0.717) is 25.4 Å². The maximum atomic E-state index is 12.6. The Hall–Kier alpha value is -1.89. The van der Waals surface area contributed by atoms with Gasteiger partial charge in [-0.1, -0.05) is 13.8 Å². The highest BCUT2D eigenvalue weighted by Crippen LogP contribution is 2.44. The van der Waals surface area contributed by atoms with Crippen molar-refractivity contribution in [3.05, 3.63) is 24.3 Å². The molecule has 1 aromatic rings. The second-order valence-corrected chi connectivity index (χ2v) is 9.04. The summed E-state index contributed by atoms with van der Waals surface area (Å²) in [4.78, 5) is 29.0. The van der Waals surface area contributed by atoms with Crippen molar-refractivity contribution in [3.8, 4) is 5.75 Å². The van der Waals surface area contributed by atoms with Crippen LogP contribution < -0.4 is 10.1 Å². The van der Waals surface area contributed by atoms with Crippen molar-refractivity contribution in [1.82, 2.24) is 9.80 Å². The van der Waals surface area contributed by atoms with E-state index in [2.05, 4.69) is 24.1 Å². The molecule has 0 aliphatic carbocycles. The third-order valence-corrected chi connectivity index (χ3v) is 6.79. The molecule has 2 saturated heterocycles. The Balaban J connectivity index is 1.57. The quantitative estimate of drug-likeness (QED) is 0.851. The van der Waals surface area contributed by atoms with Crippen molar-refractivity contribution >= 4 is 29.4 Å². The Morgan fingerprint density at radius 2 is 1.85 bits per heavy atom. The number of methoxy groups -OCH3 is 1. The van der Waals surface area contributed by atoms with E-state index in [1.807, 2.05) is 40.9 Å². The van der Waals surface area contributed by atoms with Gasteiger partial charge in [0.1, 0.15) is 5.75 Å². The van der Waals surface area contributed by atoms with Crippen molar-refractivity contribution in [2.45, 2.75) is 38.0 Å². The summed E-state index contributed by atoms with van der Waals surface area (Å²) in [5, 5.41) is 2.95. The first-order chi connectivity index (χ1) is 12.9. The van der Waals surface area contributed by atoms with Gasteiger partial charge in [0.2, 0.25) is 5.91 Å². The Bertz CT molecular complexity index is 670. The largest absolute Gasteiger partial charge is 0.497 e. The van der Waals surface area contributed by atoms with E-state index in [4.69, 9.17) is 4.74 Å². The number of rotatable bonds is 4. The first-order valence-corrected chi connectivity index (χ1v) is 10.6. The molecule has 2 heterocycles. The van der Waals surface area contributed by atoms with Gasteiger partial charge in [-0.15, -0.1) is 11.8 Å². The maximum absolute atomic E-state index is 12.6. The molecule has 2 fully saturated rings. The van der Waals surface area contributed by atoms with Crippen molar-refractivity contribution in [1.29, 1.82) is 0 Å². The van der Waals surface area contributed by atoms with E-state index >= 15 is 0 Å². The van der Waals surface area contributed by atoms with Gasteiger partial charge in [0, 0.05) is 37.5 Å². The molecule has 0 bridgehead atoms. The first-order valence-electron chi connectivity index (χ1n) is 9.58. The molecule has 0 saturated carbocycles. The monoisotopic (exact) mass is 391 g/mol. The number of benzene rings is 1. The van der Waals surface area contributed by atoms with E-state index in [1.165, 1.54) is 0 Å². The number of hydrogen-bond acceptors (Lipinski definition) is 4. The van der Waals surface area contributed by atoms with Gasteiger partial charge in [-0.2, -0.15) is 0 Å². The topological polar surface area (TPSA) is 61.9 Å². The predicted molar refractivity (Wildman–Crippen MR) is 109 cm³/mol. The van der Waals surface area contributed by atoms with Crippen LogP contribution in [0.25, 0.3) is 0 Å². The Morgan fingerprint density at radius 3 is 2.44 bits per heavy atom. The van der Waals surface area contributed by atoms with Crippen molar-refractivity contribution in [2.75, 3.05) is 37.8 Å². The van der Waals surface area contributed by atoms with E-state index in [0.717, 1.165) is 36.6 Å². The van der Waals surface area contributed by atoms with Crippen LogP contribution >= 0.6 is 11.8 Å². The molecule has 1 N–H and O–H groups in total. The number of ether oxygens (including phenoxy) is 1. The highest BCUT2D eigenvalue weighted by molar-refractivity contribution is 8.00. The van der Waals surface area contributed by atoms with Crippen LogP contribution in [0.3, 0.4) is 0 Å². The molecule has 3 amide bonds. The summed E-state index contributed by atoms with van der Waals surface area (Å²) >= 11 is 1.88. The van der Waals surface area contributed by atoms with Gasteiger partial charge in [-0.05, 0) is 43.0 Å². The lowest BCUT2D eigenvalue weighted by molar-refractivity contribution is -0.135. The van der Waals surface area contributed by atoms with Crippen LogP contribution in [-0.2, 0) is 4.79 Å². The average molecular weight is 392 g/mol. The minimum atomic E-state index is -0.122. The van der Waals surface area contributed by atoms with E-state index in [1.54, 1.807) is 7.11 Å². The van der Waals surface area contributed by atoms with Crippen molar-refractivity contribution in [3.63, 3.8) is 0 Å². The zero-order chi connectivity index (χ0) is 19.4. The lowest BCUT2D eigenvalue weighted by atomic mass is 10.0. The zero-order valence-corrected chi connectivity index (χ0v) is 17.2. The standard InChI is InChI=1S/C20H29N3O3S/c1-15(2)14-18(24)23-12-13-27-20(23)8-10-22(11-9-20)19(25)21-16-4-6-17(26-3)7-5-16/h4-7,15H,8-14H2,1-3H3,(H,21,25). The first kappa shape index (κ1) is 19.9.